The molecule has 1 amide bonds. The van der Waals surface area contributed by atoms with Crippen molar-refractivity contribution < 1.29 is 4.79 Å². The van der Waals surface area contributed by atoms with E-state index in [0.29, 0.717) is 17.1 Å². The molecule has 116 valence electrons. The van der Waals surface area contributed by atoms with Crippen LogP contribution in [0.5, 0.6) is 0 Å². The maximum atomic E-state index is 12.0. The number of amides is 1. The minimum atomic E-state index is 0.259. The number of rotatable bonds is 6. The highest BCUT2D eigenvalue weighted by Crippen LogP contribution is 2.37. The molecule has 1 saturated heterocycles. The Kier molecular flexibility index (Phi) is 6.69. The fourth-order valence-corrected chi connectivity index (χ4v) is 4.42. The topological polar surface area (TPSA) is 41.1 Å². The molecule has 0 spiro atoms. The van der Waals surface area contributed by atoms with Gasteiger partial charge < -0.3 is 10.6 Å². The van der Waals surface area contributed by atoms with Crippen molar-refractivity contribution in [2.45, 2.75) is 62.5 Å². The normalized spacial score (nSPS) is 26.1. The lowest BCUT2D eigenvalue weighted by Crippen LogP contribution is -2.42. The van der Waals surface area contributed by atoms with E-state index in [1.165, 1.54) is 44.9 Å². The second-order valence-electron chi connectivity index (χ2n) is 6.48. The summed E-state index contributed by atoms with van der Waals surface area (Å²) in [6, 6.07) is 0. The third-order valence-electron chi connectivity index (χ3n) is 4.98. The fourth-order valence-electron chi connectivity index (χ4n) is 3.50. The van der Waals surface area contributed by atoms with Crippen LogP contribution in [-0.4, -0.2) is 36.5 Å². The Morgan fingerprint density at radius 3 is 2.75 bits per heavy atom. The molecule has 1 aliphatic heterocycles. The second kappa shape index (κ2) is 8.28. The molecule has 0 aromatic heterocycles. The van der Waals surface area contributed by atoms with Crippen molar-refractivity contribution in [1.29, 1.82) is 0 Å². The number of hydrogen-bond donors (Lipinski definition) is 2. The van der Waals surface area contributed by atoms with E-state index in [9.17, 15) is 4.79 Å². The smallest absolute Gasteiger partial charge is 0.220 e. The minimum Gasteiger partial charge on any atom is -0.355 e. The van der Waals surface area contributed by atoms with Crippen molar-refractivity contribution >= 4 is 17.7 Å². The highest BCUT2D eigenvalue weighted by molar-refractivity contribution is 8.00. The molecule has 1 aliphatic carbocycles. The van der Waals surface area contributed by atoms with Gasteiger partial charge in [-0.15, -0.1) is 0 Å². The van der Waals surface area contributed by atoms with Crippen molar-refractivity contribution in [3.8, 4) is 0 Å². The minimum absolute atomic E-state index is 0.259. The Labute approximate surface area is 128 Å². The van der Waals surface area contributed by atoms with Gasteiger partial charge in [0, 0.05) is 17.7 Å². The zero-order valence-electron chi connectivity index (χ0n) is 12.9. The molecule has 0 bridgehead atoms. The summed E-state index contributed by atoms with van der Waals surface area (Å²) in [6.07, 6.45) is 13.0. The molecular weight excluding hydrogens is 268 g/mol. The van der Waals surface area contributed by atoms with Gasteiger partial charge in [0.25, 0.3) is 0 Å². The third-order valence-corrected chi connectivity index (χ3v) is 6.40. The summed E-state index contributed by atoms with van der Waals surface area (Å²) in [5.41, 5.74) is 0. The number of carbonyl (C=O) groups excluding carboxylic acids is 1. The van der Waals surface area contributed by atoms with E-state index in [4.69, 9.17) is 0 Å². The van der Waals surface area contributed by atoms with Crippen LogP contribution in [0.15, 0.2) is 0 Å². The molecule has 0 aromatic rings. The van der Waals surface area contributed by atoms with Gasteiger partial charge in [0.05, 0.1) is 0 Å². The van der Waals surface area contributed by atoms with Gasteiger partial charge >= 0.3 is 0 Å². The molecule has 1 unspecified atom stereocenters. The first-order valence-corrected chi connectivity index (χ1v) is 9.49. The van der Waals surface area contributed by atoms with Crippen molar-refractivity contribution in [3.05, 3.63) is 0 Å². The van der Waals surface area contributed by atoms with Crippen LogP contribution in [0, 0.1) is 5.92 Å². The molecule has 1 atom stereocenters. The van der Waals surface area contributed by atoms with Crippen molar-refractivity contribution in [2.75, 3.05) is 25.9 Å². The van der Waals surface area contributed by atoms with Crippen molar-refractivity contribution in [2.24, 2.45) is 5.92 Å². The predicted molar refractivity (Wildman–Crippen MR) is 87.2 cm³/mol. The third kappa shape index (κ3) is 4.96. The van der Waals surface area contributed by atoms with Crippen LogP contribution in [-0.2, 0) is 4.79 Å². The Hall–Kier alpha value is -0.220. The van der Waals surface area contributed by atoms with E-state index in [2.05, 4.69) is 16.9 Å². The van der Waals surface area contributed by atoms with Crippen LogP contribution >= 0.6 is 11.8 Å². The number of piperidine rings is 1. The molecule has 0 radical (unpaired) electrons. The number of hydrogen-bond acceptors (Lipinski definition) is 3. The van der Waals surface area contributed by atoms with Gasteiger partial charge in [-0.3, -0.25) is 4.79 Å². The Balaban J connectivity index is 1.65. The van der Waals surface area contributed by atoms with Crippen LogP contribution in [0.25, 0.3) is 0 Å². The number of thioether (sulfide) groups is 1. The highest BCUT2D eigenvalue weighted by Gasteiger charge is 2.31. The first-order valence-electron chi connectivity index (χ1n) is 8.27. The predicted octanol–water partition coefficient (Wildman–Crippen LogP) is 2.95. The summed E-state index contributed by atoms with van der Waals surface area (Å²) in [5.74, 6) is 0.966. The molecule has 1 saturated carbocycles. The zero-order valence-corrected chi connectivity index (χ0v) is 13.7. The van der Waals surface area contributed by atoms with Gasteiger partial charge in [0.2, 0.25) is 5.91 Å². The summed E-state index contributed by atoms with van der Waals surface area (Å²) in [6.45, 7) is 3.12. The summed E-state index contributed by atoms with van der Waals surface area (Å²) >= 11 is 1.96. The number of nitrogens with one attached hydrogen (secondary N) is 2. The van der Waals surface area contributed by atoms with Crippen LogP contribution in [0.3, 0.4) is 0 Å². The summed E-state index contributed by atoms with van der Waals surface area (Å²) in [7, 11) is 0. The summed E-state index contributed by atoms with van der Waals surface area (Å²) in [4.78, 5) is 12.0. The van der Waals surface area contributed by atoms with Crippen LogP contribution in [0.2, 0.25) is 0 Å². The largest absolute Gasteiger partial charge is 0.355 e. The van der Waals surface area contributed by atoms with E-state index >= 15 is 0 Å². The first kappa shape index (κ1) is 16.2. The Morgan fingerprint density at radius 2 is 2.10 bits per heavy atom. The molecule has 20 heavy (non-hydrogen) atoms. The lowest BCUT2D eigenvalue weighted by atomic mass is 9.88. The van der Waals surface area contributed by atoms with Crippen molar-refractivity contribution in [3.63, 3.8) is 0 Å². The summed E-state index contributed by atoms with van der Waals surface area (Å²) < 4.78 is 0.320. The standard InChI is InChI=1S/C16H30N2OS/c1-20-16(9-3-2-4-10-16)13-18-15(19)8-7-14-6-5-11-17-12-14/h14,17H,2-13H2,1H3,(H,18,19). The van der Waals surface area contributed by atoms with Gasteiger partial charge in [-0.1, -0.05) is 19.3 Å². The van der Waals surface area contributed by atoms with Gasteiger partial charge in [-0.2, -0.15) is 11.8 Å². The highest BCUT2D eigenvalue weighted by atomic mass is 32.2. The lowest BCUT2D eigenvalue weighted by molar-refractivity contribution is -0.121. The number of carbonyl (C=O) groups is 1. The molecular formula is C16H30N2OS. The van der Waals surface area contributed by atoms with Crippen LogP contribution in [0.4, 0.5) is 0 Å². The van der Waals surface area contributed by atoms with E-state index < -0.39 is 0 Å². The lowest BCUT2D eigenvalue weighted by Gasteiger charge is -2.36. The zero-order chi connectivity index (χ0) is 14.3. The molecule has 1 heterocycles. The first-order chi connectivity index (χ1) is 9.74. The Morgan fingerprint density at radius 1 is 1.30 bits per heavy atom. The second-order valence-corrected chi connectivity index (χ2v) is 7.75. The van der Waals surface area contributed by atoms with Gasteiger partial charge in [-0.05, 0) is 57.4 Å². The van der Waals surface area contributed by atoms with E-state index in [0.717, 1.165) is 26.1 Å². The van der Waals surface area contributed by atoms with E-state index in [1.54, 1.807) is 0 Å². The quantitative estimate of drug-likeness (QED) is 0.792. The Bertz CT molecular complexity index is 297. The monoisotopic (exact) mass is 298 g/mol. The molecule has 3 nitrogen and oxygen atoms in total. The maximum Gasteiger partial charge on any atom is 0.220 e. The van der Waals surface area contributed by atoms with E-state index in [-0.39, 0.29) is 5.91 Å². The van der Waals surface area contributed by atoms with Gasteiger partial charge in [0.15, 0.2) is 0 Å². The maximum absolute atomic E-state index is 12.0. The molecule has 2 rings (SSSR count). The van der Waals surface area contributed by atoms with Gasteiger partial charge in [-0.25, -0.2) is 0 Å². The average molecular weight is 298 g/mol. The molecule has 0 aromatic carbocycles. The van der Waals surface area contributed by atoms with Crippen LogP contribution in [0.1, 0.15) is 57.8 Å². The fraction of sp³-hybridized carbons (Fsp3) is 0.938. The molecule has 2 aliphatic rings. The molecule has 2 fully saturated rings. The van der Waals surface area contributed by atoms with Crippen LogP contribution < -0.4 is 10.6 Å². The SMILES string of the molecule is CSC1(CNC(=O)CCC2CCCNC2)CCCCC1. The van der Waals surface area contributed by atoms with Crippen molar-refractivity contribution in [1.82, 2.24) is 10.6 Å². The molecule has 2 N–H and O–H groups in total. The average Bonchev–Trinajstić information content (AvgIpc) is 2.53. The molecule has 4 heteroatoms. The van der Waals surface area contributed by atoms with Gasteiger partial charge in [0.1, 0.15) is 0 Å². The summed E-state index contributed by atoms with van der Waals surface area (Å²) in [5, 5.41) is 6.63. The van der Waals surface area contributed by atoms with E-state index in [1.807, 2.05) is 11.8 Å².